The van der Waals surface area contributed by atoms with Gasteiger partial charge >= 0.3 is 12.0 Å². The highest BCUT2D eigenvalue weighted by atomic mass is 16.5. The van der Waals surface area contributed by atoms with Crippen LogP contribution in [0.2, 0.25) is 0 Å². The van der Waals surface area contributed by atoms with Gasteiger partial charge in [0.15, 0.2) is 11.5 Å². The summed E-state index contributed by atoms with van der Waals surface area (Å²) in [6, 6.07) is 14.2. The van der Waals surface area contributed by atoms with E-state index >= 15 is 0 Å². The Bertz CT molecular complexity index is 1000. The van der Waals surface area contributed by atoms with Gasteiger partial charge in [-0.3, -0.25) is 0 Å². The molecule has 2 amide bonds. The van der Waals surface area contributed by atoms with E-state index in [4.69, 9.17) is 14.2 Å². The molecule has 0 saturated carbocycles. The lowest BCUT2D eigenvalue weighted by Gasteiger charge is -2.28. The van der Waals surface area contributed by atoms with E-state index in [9.17, 15) is 9.59 Å². The van der Waals surface area contributed by atoms with Crippen molar-refractivity contribution in [2.45, 2.75) is 58.6 Å². The van der Waals surface area contributed by atoms with Crippen LogP contribution in [0.25, 0.3) is 0 Å². The first kappa shape index (κ1) is 25.1. The number of carbonyl (C=O) groups excluding carboxylic acids is 2. The number of urea groups is 1. The molecule has 182 valence electrons. The van der Waals surface area contributed by atoms with Crippen molar-refractivity contribution in [2.24, 2.45) is 0 Å². The van der Waals surface area contributed by atoms with E-state index in [2.05, 4.69) is 17.6 Å². The molecule has 2 N–H and O–H groups in total. The van der Waals surface area contributed by atoms with Gasteiger partial charge in [-0.15, -0.1) is 0 Å². The van der Waals surface area contributed by atoms with Crippen LogP contribution in [0, 0.1) is 0 Å². The second kappa shape index (κ2) is 12.7. The number of hydrogen-bond acceptors (Lipinski definition) is 5. The van der Waals surface area contributed by atoms with Crippen molar-refractivity contribution in [3.05, 3.63) is 70.9 Å². The lowest BCUT2D eigenvalue weighted by molar-refractivity contribution is -0.139. The van der Waals surface area contributed by atoms with E-state index in [1.165, 1.54) is 12.8 Å². The summed E-state index contributed by atoms with van der Waals surface area (Å²) in [6.45, 7) is 4.62. The molecular formula is C27H34N2O5. The largest absolute Gasteiger partial charge is 0.493 e. The van der Waals surface area contributed by atoms with Crippen LogP contribution < -0.4 is 20.1 Å². The fourth-order valence-corrected chi connectivity index (χ4v) is 3.88. The van der Waals surface area contributed by atoms with Crippen LogP contribution in [0.5, 0.6) is 11.5 Å². The number of benzene rings is 2. The Morgan fingerprint density at radius 3 is 2.50 bits per heavy atom. The maximum atomic E-state index is 12.9. The molecule has 3 rings (SSSR count). The zero-order valence-corrected chi connectivity index (χ0v) is 20.2. The van der Waals surface area contributed by atoms with Crippen LogP contribution in [-0.4, -0.2) is 25.7 Å². The van der Waals surface area contributed by atoms with Gasteiger partial charge in [0.2, 0.25) is 0 Å². The molecule has 7 nitrogen and oxygen atoms in total. The molecule has 7 heteroatoms. The summed E-state index contributed by atoms with van der Waals surface area (Å²) < 4.78 is 17.0. The predicted octanol–water partition coefficient (Wildman–Crippen LogP) is 5.42. The van der Waals surface area contributed by atoms with Crippen LogP contribution >= 0.6 is 0 Å². The minimum Gasteiger partial charge on any atom is -0.493 e. The number of esters is 1. The molecule has 1 atom stereocenters. The number of hydrogen-bond donors (Lipinski definition) is 2. The second-order valence-corrected chi connectivity index (χ2v) is 8.30. The van der Waals surface area contributed by atoms with Gasteiger partial charge in [-0.2, -0.15) is 0 Å². The number of nitrogens with one attached hydrogen (secondary N) is 2. The third kappa shape index (κ3) is 6.76. The summed E-state index contributed by atoms with van der Waals surface area (Å²) in [5.74, 6) is 0.656. The molecule has 1 aliphatic heterocycles. The number of rotatable bonds is 12. The molecule has 2 aromatic rings. The smallest absolute Gasteiger partial charge is 0.338 e. The Kier molecular flexibility index (Phi) is 9.38. The van der Waals surface area contributed by atoms with Crippen molar-refractivity contribution < 1.29 is 23.8 Å². The Labute approximate surface area is 201 Å². The average Bonchev–Trinajstić information content (AvgIpc) is 2.84. The maximum Gasteiger partial charge on any atom is 0.338 e. The quantitative estimate of drug-likeness (QED) is 0.322. The van der Waals surface area contributed by atoms with Gasteiger partial charge < -0.3 is 24.8 Å². The highest BCUT2D eigenvalue weighted by Crippen LogP contribution is 2.35. The molecule has 0 spiro atoms. The Morgan fingerprint density at radius 2 is 1.76 bits per heavy atom. The highest BCUT2D eigenvalue weighted by Gasteiger charge is 2.32. The summed E-state index contributed by atoms with van der Waals surface area (Å²) in [5, 5.41) is 5.52. The normalized spacial score (nSPS) is 15.4. The standard InChI is InChI=1S/C27H34N2O5/c1-4-5-6-7-11-16-33-26(30)24-19(2)28-27(31)29-25(24)21-14-15-22(23(17-21)32-3)34-18-20-12-9-8-10-13-20/h8-10,12-15,17,25H,4-7,11,16,18H2,1-3H3,(H2,28,29,31)/t25-/m1/s1. The molecule has 0 saturated heterocycles. The zero-order valence-electron chi connectivity index (χ0n) is 20.2. The summed E-state index contributed by atoms with van der Waals surface area (Å²) in [4.78, 5) is 25.1. The summed E-state index contributed by atoms with van der Waals surface area (Å²) in [6.07, 6.45) is 5.33. The first-order valence-electron chi connectivity index (χ1n) is 11.8. The molecule has 34 heavy (non-hydrogen) atoms. The van der Waals surface area contributed by atoms with Crippen LogP contribution in [0.4, 0.5) is 4.79 Å². The Hall–Kier alpha value is -3.48. The average molecular weight is 467 g/mol. The van der Waals surface area contributed by atoms with Crippen molar-refractivity contribution in [1.82, 2.24) is 10.6 Å². The van der Waals surface area contributed by atoms with Gasteiger partial charge in [-0.25, -0.2) is 9.59 Å². The van der Waals surface area contributed by atoms with Crippen molar-refractivity contribution in [3.8, 4) is 11.5 Å². The Balaban J connectivity index is 1.73. The number of ether oxygens (including phenoxy) is 3. The molecule has 0 unspecified atom stereocenters. The van der Waals surface area contributed by atoms with Gasteiger partial charge in [0.05, 0.1) is 25.3 Å². The fraction of sp³-hybridized carbons (Fsp3) is 0.407. The molecule has 1 heterocycles. The monoisotopic (exact) mass is 466 g/mol. The van der Waals surface area contributed by atoms with E-state index in [0.29, 0.717) is 41.5 Å². The van der Waals surface area contributed by atoms with E-state index in [1.807, 2.05) is 36.4 Å². The van der Waals surface area contributed by atoms with Gasteiger partial charge in [0.1, 0.15) is 6.61 Å². The molecule has 0 aromatic heterocycles. The van der Waals surface area contributed by atoms with Gasteiger partial charge in [0, 0.05) is 5.70 Å². The molecule has 0 aliphatic carbocycles. The topological polar surface area (TPSA) is 85.9 Å². The predicted molar refractivity (Wildman–Crippen MR) is 131 cm³/mol. The van der Waals surface area contributed by atoms with Crippen molar-refractivity contribution in [1.29, 1.82) is 0 Å². The van der Waals surface area contributed by atoms with Crippen LogP contribution in [0.15, 0.2) is 59.8 Å². The lowest BCUT2D eigenvalue weighted by Crippen LogP contribution is -2.45. The molecule has 1 aliphatic rings. The van der Waals surface area contributed by atoms with Crippen molar-refractivity contribution in [2.75, 3.05) is 13.7 Å². The highest BCUT2D eigenvalue weighted by molar-refractivity contribution is 5.95. The number of unbranched alkanes of at least 4 members (excludes halogenated alkanes) is 4. The molecule has 0 bridgehead atoms. The molecule has 0 radical (unpaired) electrons. The lowest BCUT2D eigenvalue weighted by atomic mass is 9.95. The first-order valence-corrected chi connectivity index (χ1v) is 11.8. The third-order valence-corrected chi connectivity index (χ3v) is 5.73. The number of carbonyl (C=O) groups is 2. The van der Waals surface area contributed by atoms with E-state index in [0.717, 1.165) is 24.8 Å². The van der Waals surface area contributed by atoms with Crippen LogP contribution in [0.1, 0.15) is 63.1 Å². The second-order valence-electron chi connectivity index (χ2n) is 8.30. The minimum atomic E-state index is -0.654. The number of amides is 2. The Morgan fingerprint density at radius 1 is 1.00 bits per heavy atom. The fourth-order valence-electron chi connectivity index (χ4n) is 3.88. The van der Waals surface area contributed by atoms with Crippen LogP contribution in [0.3, 0.4) is 0 Å². The van der Waals surface area contributed by atoms with Crippen molar-refractivity contribution in [3.63, 3.8) is 0 Å². The van der Waals surface area contributed by atoms with Gasteiger partial charge in [-0.05, 0) is 36.6 Å². The number of methoxy groups -OCH3 is 1. The minimum absolute atomic E-state index is 0.357. The first-order chi connectivity index (χ1) is 16.5. The number of allylic oxidation sites excluding steroid dienone is 1. The summed E-state index contributed by atoms with van der Waals surface area (Å²) in [7, 11) is 1.56. The molecular weight excluding hydrogens is 432 g/mol. The van der Waals surface area contributed by atoms with Gasteiger partial charge in [0.25, 0.3) is 0 Å². The molecule has 0 fully saturated rings. The summed E-state index contributed by atoms with van der Waals surface area (Å²) in [5.41, 5.74) is 2.60. The van der Waals surface area contributed by atoms with E-state index in [1.54, 1.807) is 26.2 Å². The third-order valence-electron chi connectivity index (χ3n) is 5.73. The van der Waals surface area contributed by atoms with Crippen molar-refractivity contribution >= 4 is 12.0 Å². The van der Waals surface area contributed by atoms with Gasteiger partial charge in [-0.1, -0.05) is 69.0 Å². The maximum absolute atomic E-state index is 12.9. The summed E-state index contributed by atoms with van der Waals surface area (Å²) >= 11 is 0. The zero-order chi connectivity index (χ0) is 24.3. The van der Waals surface area contributed by atoms with E-state index in [-0.39, 0.29) is 6.03 Å². The molecule has 2 aromatic carbocycles. The van der Waals surface area contributed by atoms with E-state index < -0.39 is 12.0 Å². The van der Waals surface area contributed by atoms with Crippen LogP contribution in [-0.2, 0) is 16.1 Å². The SMILES string of the molecule is CCCCCCCOC(=O)C1=C(C)NC(=O)N[C@@H]1c1ccc(OCc2ccccc2)c(OC)c1.